The van der Waals surface area contributed by atoms with Crippen LogP contribution in [0.1, 0.15) is 5.56 Å². The third kappa shape index (κ3) is 3.39. The van der Waals surface area contributed by atoms with Crippen molar-refractivity contribution >= 4 is 17.4 Å². The van der Waals surface area contributed by atoms with Crippen LogP contribution < -0.4 is 5.32 Å². The Kier molecular flexibility index (Phi) is 3.88. The molecule has 2 aromatic rings. The van der Waals surface area contributed by atoms with Gasteiger partial charge in [0, 0.05) is 12.6 Å². The highest BCUT2D eigenvalue weighted by atomic mass is 35.5. The molecule has 1 N–H and O–H groups in total. The summed E-state index contributed by atoms with van der Waals surface area (Å²) in [5, 5.41) is 3.44. The van der Waals surface area contributed by atoms with E-state index in [-0.39, 0.29) is 5.82 Å². The Morgan fingerprint density at radius 2 is 2.06 bits per heavy atom. The van der Waals surface area contributed by atoms with E-state index in [1.54, 1.807) is 18.2 Å². The molecule has 0 aliphatic rings. The molecule has 0 unspecified atom stereocenters. The van der Waals surface area contributed by atoms with E-state index >= 15 is 0 Å². The maximum absolute atomic E-state index is 13.3. The molecule has 0 atom stereocenters. The van der Waals surface area contributed by atoms with Crippen LogP contribution in [0.3, 0.4) is 0 Å². The van der Waals surface area contributed by atoms with Crippen LogP contribution in [-0.2, 0) is 6.42 Å². The number of nitrogens with zero attached hydrogens (tertiary/aromatic N) is 2. The molecule has 2 rings (SSSR count). The van der Waals surface area contributed by atoms with E-state index in [1.165, 1.54) is 12.4 Å². The van der Waals surface area contributed by atoms with E-state index in [0.29, 0.717) is 29.5 Å². The number of anilines is 1. The highest BCUT2D eigenvalue weighted by Crippen LogP contribution is 2.10. The highest BCUT2D eigenvalue weighted by molar-refractivity contribution is 6.29. The number of halogens is 2. The Morgan fingerprint density at radius 3 is 2.82 bits per heavy atom. The first-order chi connectivity index (χ1) is 8.25. The second kappa shape index (κ2) is 5.59. The zero-order valence-electron chi connectivity index (χ0n) is 9.03. The first-order valence-electron chi connectivity index (χ1n) is 5.20. The summed E-state index contributed by atoms with van der Waals surface area (Å²) in [6.07, 6.45) is 1.97. The number of rotatable bonds is 4. The minimum atomic E-state index is -0.185. The third-order valence-electron chi connectivity index (χ3n) is 2.29. The summed E-state index contributed by atoms with van der Waals surface area (Å²) in [5.41, 5.74) is 0.681. The fraction of sp³-hybridized carbons (Fsp3) is 0.167. The van der Waals surface area contributed by atoms with Crippen molar-refractivity contribution in [1.29, 1.82) is 0 Å². The maximum atomic E-state index is 13.3. The van der Waals surface area contributed by atoms with Gasteiger partial charge in [0.1, 0.15) is 23.1 Å². The zero-order valence-corrected chi connectivity index (χ0v) is 9.78. The number of aromatic nitrogens is 2. The topological polar surface area (TPSA) is 37.8 Å². The molecule has 88 valence electrons. The molecule has 1 aromatic carbocycles. The van der Waals surface area contributed by atoms with Crippen LogP contribution in [0.25, 0.3) is 0 Å². The van der Waals surface area contributed by atoms with Gasteiger partial charge < -0.3 is 5.32 Å². The van der Waals surface area contributed by atoms with Gasteiger partial charge in [0.2, 0.25) is 0 Å². The van der Waals surface area contributed by atoms with Gasteiger partial charge in [0.15, 0.2) is 0 Å². The van der Waals surface area contributed by atoms with Gasteiger partial charge in [-0.1, -0.05) is 29.8 Å². The van der Waals surface area contributed by atoms with Crippen molar-refractivity contribution in [3.05, 3.63) is 53.2 Å². The predicted molar refractivity (Wildman–Crippen MR) is 65.6 cm³/mol. The summed E-state index contributed by atoms with van der Waals surface area (Å²) < 4.78 is 13.3. The van der Waals surface area contributed by atoms with E-state index in [9.17, 15) is 4.39 Å². The largest absolute Gasteiger partial charge is 0.370 e. The predicted octanol–water partition coefficient (Wildman–Crippen LogP) is 2.92. The monoisotopic (exact) mass is 251 g/mol. The molecule has 0 fully saturated rings. The maximum Gasteiger partial charge on any atom is 0.134 e. The van der Waals surface area contributed by atoms with E-state index in [2.05, 4.69) is 15.3 Å². The van der Waals surface area contributed by atoms with Crippen molar-refractivity contribution in [1.82, 2.24) is 9.97 Å². The molecule has 0 spiro atoms. The molecule has 0 saturated heterocycles. The van der Waals surface area contributed by atoms with Crippen LogP contribution >= 0.6 is 11.6 Å². The van der Waals surface area contributed by atoms with Crippen molar-refractivity contribution in [3.8, 4) is 0 Å². The lowest BCUT2D eigenvalue weighted by molar-refractivity contribution is 0.610. The first-order valence-corrected chi connectivity index (χ1v) is 5.58. The van der Waals surface area contributed by atoms with Gasteiger partial charge in [-0.2, -0.15) is 0 Å². The van der Waals surface area contributed by atoms with Gasteiger partial charge in [0.25, 0.3) is 0 Å². The number of benzene rings is 1. The number of nitrogens with one attached hydrogen (secondary N) is 1. The molecule has 0 amide bonds. The normalized spacial score (nSPS) is 10.2. The van der Waals surface area contributed by atoms with Crippen molar-refractivity contribution in [2.45, 2.75) is 6.42 Å². The van der Waals surface area contributed by atoms with Crippen LogP contribution in [-0.4, -0.2) is 16.5 Å². The molecular formula is C12H11ClFN3. The summed E-state index contributed by atoms with van der Waals surface area (Å²) >= 11 is 5.71. The molecule has 0 aliphatic carbocycles. The summed E-state index contributed by atoms with van der Waals surface area (Å²) in [5.74, 6) is 0.455. The standard InChI is InChI=1S/C12H11ClFN3/c13-11-7-12(17-8-16-11)15-6-5-9-3-1-2-4-10(9)14/h1-4,7-8H,5-6H2,(H,15,16,17). The minimum Gasteiger partial charge on any atom is -0.370 e. The van der Waals surface area contributed by atoms with Gasteiger partial charge in [-0.3, -0.25) is 0 Å². The first kappa shape index (κ1) is 11.8. The minimum absolute atomic E-state index is 0.185. The second-order valence-corrected chi connectivity index (χ2v) is 3.88. The molecule has 0 radical (unpaired) electrons. The van der Waals surface area contributed by atoms with Crippen molar-refractivity contribution in [3.63, 3.8) is 0 Å². The van der Waals surface area contributed by atoms with Gasteiger partial charge >= 0.3 is 0 Å². The molecule has 0 bridgehead atoms. The zero-order chi connectivity index (χ0) is 12.1. The lowest BCUT2D eigenvalue weighted by atomic mass is 10.1. The number of hydrogen-bond acceptors (Lipinski definition) is 3. The Labute approximate surface area is 104 Å². The van der Waals surface area contributed by atoms with Crippen LogP contribution in [0.2, 0.25) is 5.15 Å². The van der Waals surface area contributed by atoms with Crippen LogP contribution in [0.4, 0.5) is 10.2 Å². The van der Waals surface area contributed by atoms with Gasteiger partial charge in [0.05, 0.1) is 0 Å². The highest BCUT2D eigenvalue weighted by Gasteiger charge is 2.00. The lowest BCUT2D eigenvalue weighted by Gasteiger charge is -2.06. The molecule has 0 saturated carbocycles. The van der Waals surface area contributed by atoms with Crippen LogP contribution in [0.15, 0.2) is 36.7 Å². The molecule has 3 nitrogen and oxygen atoms in total. The van der Waals surface area contributed by atoms with E-state index in [1.807, 2.05) is 6.07 Å². The summed E-state index contributed by atoms with van der Waals surface area (Å²) in [6.45, 7) is 0.592. The van der Waals surface area contributed by atoms with Gasteiger partial charge in [-0.05, 0) is 18.1 Å². The van der Waals surface area contributed by atoms with Crippen molar-refractivity contribution in [2.75, 3.05) is 11.9 Å². The van der Waals surface area contributed by atoms with Crippen LogP contribution in [0, 0.1) is 5.82 Å². The second-order valence-electron chi connectivity index (χ2n) is 3.49. The molecule has 0 aliphatic heterocycles. The number of hydrogen-bond donors (Lipinski definition) is 1. The molecule has 5 heteroatoms. The van der Waals surface area contributed by atoms with Crippen molar-refractivity contribution in [2.24, 2.45) is 0 Å². The third-order valence-corrected chi connectivity index (χ3v) is 2.50. The Bertz CT molecular complexity index is 505. The smallest absolute Gasteiger partial charge is 0.134 e. The molecule has 1 heterocycles. The van der Waals surface area contributed by atoms with Gasteiger partial charge in [-0.25, -0.2) is 14.4 Å². The fourth-order valence-electron chi connectivity index (χ4n) is 1.46. The lowest BCUT2D eigenvalue weighted by Crippen LogP contribution is -2.07. The van der Waals surface area contributed by atoms with E-state index < -0.39 is 0 Å². The summed E-state index contributed by atoms with van der Waals surface area (Å²) in [6, 6.07) is 8.35. The average molecular weight is 252 g/mol. The van der Waals surface area contributed by atoms with Crippen molar-refractivity contribution < 1.29 is 4.39 Å². The molecule has 17 heavy (non-hydrogen) atoms. The summed E-state index contributed by atoms with van der Waals surface area (Å²) in [7, 11) is 0. The quantitative estimate of drug-likeness (QED) is 0.849. The summed E-state index contributed by atoms with van der Waals surface area (Å²) in [4.78, 5) is 7.77. The van der Waals surface area contributed by atoms with E-state index in [4.69, 9.17) is 11.6 Å². The van der Waals surface area contributed by atoms with E-state index in [0.717, 1.165) is 0 Å². The SMILES string of the molecule is Fc1ccccc1CCNc1cc(Cl)ncn1. The van der Waals surface area contributed by atoms with Crippen LogP contribution in [0.5, 0.6) is 0 Å². The molecule has 1 aromatic heterocycles. The Hall–Kier alpha value is -1.68. The fourth-order valence-corrected chi connectivity index (χ4v) is 1.60. The average Bonchev–Trinajstić information content (AvgIpc) is 2.32. The van der Waals surface area contributed by atoms with Gasteiger partial charge in [-0.15, -0.1) is 0 Å². The Balaban J connectivity index is 1.90. The Morgan fingerprint density at radius 1 is 1.24 bits per heavy atom. The molecular weight excluding hydrogens is 241 g/mol.